The van der Waals surface area contributed by atoms with Crippen LogP contribution in [0.1, 0.15) is 277 Å². The van der Waals surface area contributed by atoms with Crippen molar-refractivity contribution in [2.24, 2.45) is 0 Å². The lowest BCUT2D eigenvalue weighted by molar-refractivity contribution is -0.147. The molecule has 62 heavy (non-hydrogen) atoms. The van der Waals surface area contributed by atoms with Crippen LogP contribution < -0.4 is 5.32 Å². The Hall–Kier alpha value is -1.25. The van der Waals surface area contributed by atoms with Crippen LogP contribution in [0.25, 0.3) is 0 Å². The number of nitrogens with one attached hydrogen (secondary N) is 1. The van der Waals surface area contributed by atoms with Gasteiger partial charge < -0.3 is 20.1 Å². The maximum absolute atomic E-state index is 12.2. The summed E-state index contributed by atoms with van der Waals surface area (Å²) in [4.78, 5) is 34.1. The van der Waals surface area contributed by atoms with Crippen molar-refractivity contribution in [1.82, 2.24) is 5.32 Å². The minimum absolute atomic E-state index is 0.0870. The molecule has 1 amide bonds. The molecule has 0 heterocycles. The third kappa shape index (κ3) is 49.8. The molecule has 2 unspecified atom stereocenters. The zero-order valence-corrected chi connectivity index (χ0v) is 41.7. The Morgan fingerprint density at radius 2 is 0.823 bits per heavy atom. The van der Waals surface area contributed by atoms with E-state index in [-0.39, 0.29) is 32.1 Å². The van der Waals surface area contributed by atoms with Crippen LogP contribution in [0, 0.1) is 0 Å². The van der Waals surface area contributed by atoms with E-state index >= 15 is 0 Å². The van der Waals surface area contributed by atoms with Gasteiger partial charge in [-0.25, -0.2) is 4.57 Å². The first-order chi connectivity index (χ1) is 30.3. The zero-order chi connectivity index (χ0) is 45.3. The standard InChI is InChI=1S/C52H102NO8P/c1-3-5-7-9-11-13-15-17-19-21-23-24-25-27-28-30-32-34-36-38-40-42-44-51(55)53-46-47-60-62(57,58)61-49-50(54)48-59-52(56)45-43-41-39-37-35-33-31-29-26-22-20-18-16-14-12-10-8-6-4-2/h18,20,50,54H,3-17,19,21-49H2,1-2H3,(H,53,55)(H,57,58)/b20-18+. The van der Waals surface area contributed by atoms with Crippen molar-refractivity contribution in [3.63, 3.8) is 0 Å². The van der Waals surface area contributed by atoms with Crippen molar-refractivity contribution in [3.05, 3.63) is 12.2 Å². The van der Waals surface area contributed by atoms with Crippen LogP contribution in [0.2, 0.25) is 0 Å². The van der Waals surface area contributed by atoms with E-state index in [2.05, 4.69) is 31.3 Å². The highest BCUT2D eigenvalue weighted by molar-refractivity contribution is 7.47. The lowest BCUT2D eigenvalue weighted by atomic mass is 10.0. The van der Waals surface area contributed by atoms with Crippen molar-refractivity contribution in [1.29, 1.82) is 0 Å². The minimum atomic E-state index is -4.42. The number of allylic oxidation sites excluding steroid dienone is 2. The SMILES string of the molecule is CCCCCCCC/C=C/CCCCCCCCCCCC(=O)OCC(O)COP(=O)(O)OCCNC(=O)CCCCCCCCCCCCCCCCCCCCCCCC. The van der Waals surface area contributed by atoms with E-state index < -0.39 is 26.5 Å². The molecule has 3 N–H and O–H groups in total. The topological polar surface area (TPSA) is 131 Å². The second kappa shape index (κ2) is 49.2. The fraction of sp³-hybridized carbons (Fsp3) is 0.923. The molecular formula is C52H102NO8P. The van der Waals surface area contributed by atoms with Crippen molar-refractivity contribution in [2.45, 2.75) is 283 Å². The van der Waals surface area contributed by atoms with Gasteiger partial charge in [-0.3, -0.25) is 18.6 Å². The number of hydrogen-bond donors (Lipinski definition) is 3. The summed E-state index contributed by atoms with van der Waals surface area (Å²) in [7, 11) is -4.42. The average Bonchev–Trinajstić information content (AvgIpc) is 3.26. The Balaban J connectivity index is 3.50. The Morgan fingerprint density at radius 1 is 0.484 bits per heavy atom. The molecule has 0 radical (unpaired) electrons. The smallest absolute Gasteiger partial charge is 0.463 e. The molecule has 0 saturated carbocycles. The Kier molecular flexibility index (Phi) is 48.2. The summed E-state index contributed by atoms with van der Waals surface area (Å²) in [6.07, 6.45) is 54.4. The Bertz CT molecular complexity index is 1030. The second-order valence-corrected chi connectivity index (χ2v) is 19.7. The summed E-state index contributed by atoms with van der Waals surface area (Å²) in [5.41, 5.74) is 0. The highest BCUT2D eigenvalue weighted by Crippen LogP contribution is 2.42. The summed E-state index contributed by atoms with van der Waals surface area (Å²) in [6, 6.07) is 0. The molecule has 0 saturated heterocycles. The molecule has 9 nitrogen and oxygen atoms in total. The predicted octanol–water partition coefficient (Wildman–Crippen LogP) is 15.7. The molecular weight excluding hydrogens is 798 g/mol. The summed E-state index contributed by atoms with van der Waals surface area (Å²) >= 11 is 0. The highest BCUT2D eigenvalue weighted by atomic mass is 31.2. The third-order valence-corrected chi connectivity index (χ3v) is 12.9. The maximum Gasteiger partial charge on any atom is 0.472 e. The number of rotatable bonds is 51. The van der Waals surface area contributed by atoms with E-state index in [1.165, 1.54) is 212 Å². The van der Waals surface area contributed by atoms with Crippen LogP contribution in [-0.4, -0.2) is 54.3 Å². The van der Waals surface area contributed by atoms with Gasteiger partial charge in [0.2, 0.25) is 5.91 Å². The first kappa shape index (κ1) is 60.8. The molecule has 368 valence electrons. The fourth-order valence-corrected chi connectivity index (χ4v) is 8.67. The van der Waals surface area contributed by atoms with Crippen LogP contribution in [0.4, 0.5) is 0 Å². The van der Waals surface area contributed by atoms with Gasteiger partial charge in [-0.1, -0.05) is 238 Å². The van der Waals surface area contributed by atoms with Gasteiger partial charge in [0.1, 0.15) is 12.7 Å². The number of esters is 1. The van der Waals surface area contributed by atoms with Gasteiger partial charge in [0, 0.05) is 19.4 Å². The van der Waals surface area contributed by atoms with E-state index in [9.17, 15) is 24.2 Å². The number of aliphatic hydroxyl groups excluding tert-OH is 1. The number of carbonyl (C=O) groups is 2. The number of hydrogen-bond acceptors (Lipinski definition) is 7. The zero-order valence-electron chi connectivity index (χ0n) is 40.8. The van der Waals surface area contributed by atoms with Crippen LogP contribution in [0.3, 0.4) is 0 Å². The largest absolute Gasteiger partial charge is 0.472 e. The van der Waals surface area contributed by atoms with Crippen LogP contribution >= 0.6 is 7.82 Å². The first-order valence-corrected chi connectivity index (χ1v) is 28.2. The molecule has 0 bridgehead atoms. The summed E-state index contributed by atoms with van der Waals surface area (Å²) < 4.78 is 27.0. The maximum atomic E-state index is 12.2. The lowest BCUT2D eigenvalue weighted by Crippen LogP contribution is -2.27. The van der Waals surface area contributed by atoms with Gasteiger partial charge >= 0.3 is 13.8 Å². The number of ether oxygens (including phenoxy) is 1. The minimum Gasteiger partial charge on any atom is -0.463 e. The van der Waals surface area contributed by atoms with Gasteiger partial charge in [-0.2, -0.15) is 0 Å². The summed E-state index contributed by atoms with van der Waals surface area (Å²) in [5, 5.41) is 12.8. The molecule has 0 spiro atoms. The summed E-state index contributed by atoms with van der Waals surface area (Å²) in [6.45, 7) is 3.61. The molecule has 0 fully saturated rings. The molecule has 0 aromatic heterocycles. The number of carbonyl (C=O) groups excluding carboxylic acids is 2. The van der Waals surface area contributed by atoms with E-state index in [4.69, 9.17) is 13.8 Å². The van der Waals surface area contributed by atoms with Crippen molar-refractivity contribution in [2.75, 3.05) is 26.4 Å². The third-order valence-electron chi connectivity index (χ3n) is 11.9. The van der Waals surface area contributed by atoms with E-state index in [0.717, 1.165) is 38.5 Å². The van der Waals surface area contributed by atoms with Gasteiger partial charge in [-0.05, 0) is 38.5 Å². The molecule has 10 heteroatoms. The van der Waals surface area contributed by atoms with Crippen molar-refractivity contribution in [3.8, 4) is 0 Å². The number of phosphoric acid groups is 1. The van der Waals surface area contributed by atoms with E-state index in [1.807, 2.05) is 0 Å². The quantitative estimate of drug-likeness (QED) is 0.0238. The van der Waals surface area contributed by atoms with Crippen LogP contribution in [-0.2, 0) is 27.9 Å². The van der Waals surface area contributed by atoms with Crippen LogP contribution in [0.5, 0.6) is 0 Å². The van der Waals surface area contributed by atoms with Gasteiger partial charge in [0.25, 0.3) is 0 Å². The Labute approximate surface area is 383 Å². The monoisotopic (exact) mass is 900 g/mol. The number of aliphatic hydroxyl groups is 1. The second-order valence-electron chi connectivity index (χ2n) is 18.2. The highest BCUT2D eigenvalue weighted by Gasteiger charge is 2.23. The molecule has 0 aromatic rings. The molecule has 0 aromatic carbocycles. The first-order valence-electron chi connectivity index (χ1n) is 26.7. The number of phosphoric ester groups is 1. The molecule has 0 rings (SSSR count). The van der Waals surface area contributed by atoms with Crippen LogP contribution in [0.15, 0.2) is 12.2 Å². The predicted molar refractivity (Wildman–Crippen MR) is 261 cm³/mol. The van der Waals surface area contributed by atoms with E-state index in [1.54, 1.807) is 0 Å². The van der Waals surface area contributed by atoms with Crippen molar-refractivity contribution >= 4 is 19.7 Å². The molecule has 0 aliphatic carbocycles. The molecule has 2 atom stereocenters. The fourth-order valence-electron chi connectivity index (χ4n) is 7.91. The molecule has 0 aliphatic heterocycles. The van der Waals surface area contributed by atoms with E-state index in [0.29, 0.717) is 6.42 Å². The van der Waals surface area contributed by atoms with Gasteiger partial charge in [0.15, 0.2) is 0 Å². The average molecular weight is 900 g/mol. The number of unbranched alkanes of at least 4 members (excludes halogenated alkanes) is 36. The van der Waals surface area contributed by atoms with Gasteiger partial charge in [-0.15, -0.1) is 0 Å². The van der Waals surface area contributed by atoms with Gasteiger partial charge in [0.05, 0.1) is 13.2 Å². The number of amides is 1. The van der Waals surface area contributed by atoms with Crippen molar-refractivity contribution < 1.29 is 37.9 Å². The molecule has 0 aliphatic rings. The Morgan fingerprint density at radius 3 is 1.21 bits per heavy atom. The summed E-state index contributed by atoms with van der Waals surface area (Å²) in [5.74, 6) is -0.504. The lowest BCUT2D eigenvalue weighted by Gasteiger charge is -2.15. The normalized spacial score (nSPS) is 13.2.